The highest BCUT2D eigenvalue weighted by Crippen LogP contribution is 2.36. The first-order valence-corrected chi connectivity index (χ1v) is 7.22. The number of nitrogens with zero attached hydrogens (tertiary/aromatic N) is 1. The predicted octanol–water partition coefficient (Wildman–Crippen LogP) is 3.52. The minimum absolute atomic E-state index is 0.0105. The van der Waals surface area contributed by atoms with Gasteiger partial charge in [-0.25, -0.2) is 0 Å². The van der Waals surface area contributed by atoms with Crippen LogP contribution in [0.1, 0.15) is 31.2 Å². The third kappa shape index (κ3) is 3.22. The van der Waals surface area contributed by atoms with E-state index in [1.807, 2.05) is 6.92 Å². The first-order chi connectivity index (χ1) is 9.52. The molecule has 2 unspecified atom stereocenters. The van der Waals surface area contributed by atoms with E-state index in [-0.39, 0.29) is 18.3 Å². The summed E-state index contributed by atoms with van der Waals surface area (Å²) < 4.78 is 0. The lowest BCUT2D eigenvalue weighted by Gasteiger charge is -2.23. The van der Waals surface area contributed by atoms with Crippen molar-refractivity contribution in [1.29, 1.82) is 0 Å². The zero-order valence-electron chi connectivity index (χ0n) is 11.4. The molecule has 0 spiro atoms. The molecule has 0 radical (unpaired) electrons. The summed E-state index contributed by atoms with van der Waals surface area (Å²) in [6.07, 6.45) is 4.05. The molecule has 20 heavy (non-hydrogen) atoms. The van der Waals surface area contributed by atoms with Crippen molar-refractivity contribution < 1.29 is 10.0 Å². The second-order valence-corrected chi connectivity index (χ2v) is 5.74. The molecule has 6 heteroatoms. The molecular weight excluding hydrogens is 280 g/mol. The van der Waals surface area contributed by atoms with Gasteiger partial charge in [-0.05, 0) is 37.7 Å². The molecule has 1 aliphatic rings. The normalized spacial score (nSPS) is 21.9. The predicted molar refractivity (Wildman–Crippen MR) is 79.3 cm³/mol. The van der Waals surface area contributed by atoms with Crippen LogP contribution in [0.2, 0.25) is 5.02 Å². The number of halogens is 1. The largest absolute Gasteiger partial charge is 0.396 e. The molecule has 1 fully saturated rings. The van der Waals surface area contributed by atoms with E-state index >= 15 is 0 Å². The molecule has 5 nitrogen and oxygen atoms in total. The standard InChI is InChI=1S/C14H19ClN2O3/c1-9-7-11(17(19)20)8-12(15)14(9)16-13-4-2-3-10(13)5-6-18/h7-8,10,13,16,18H,2-6H2,1H3. The second kappa shape index (κ2) is 6.41. The maximum Gasteiger partial charge on any atom is 0.271 e. The van der Waals surface area contributed by atoms with Gasteiger partial charge < -0.3 is 10.4 Å². The minimum atomic E-state index is -0.438. The number of hydrogen-bond donors (Lipinski definition) is 2. The third-order valence-corrected chi connectivity index (χ3v) is 4.27. The number of non-ortho nitro benzene ring substituents is 1. The van der Waals surface area contributed by atoms with Crippen molar-refractivity contribution in [3.8, 4) is 0 Å². The number of aliphatic hydroxyl groups excluding tert-OH is 1. The highest BCUT2D eigenvalue weighted by Gasteiger charge is 2.27. The average molecular weight is 299 g/mol. The van der Waals surface area contributed by atoms with Crippen molar-refractivity contribution in [3.05, 3.63) is 32.8 Å². The number of nitro benzene ring substituents is 1. The molecule has 0 amide bonds. The van der Waals surface area contributed by atoms with Gasteiger partial charge in [0.05, 0.1) is 15.6 Å². The van der Waals surface area contributed by atoms with Crippen molar-refractivity contribution in [1.82, 2.24) is 0 Å². The lowest BCUT2D eigenvalue weighted by Crippen LogP contribution is -2.25. The molecule has 1 aromatic carbocycles. The van der Waals surface area contributed by atoms with E-state index in [9.17, 15) is 10.1 Å². The van der Waals surface area contributed by atoms with Gasteiger partial charge in [-0.1, -0.05) is 18.0 Å². The Morgan fingerprint density at radius 2 is 2.25 bits per heavy atom. The Bertz CT molecular complexity index is 484. The fourth-order valence-electron chi connectivity index (χ4n) is 2.94. The van der Waals surface area contributed by atoms with Gasteiger partial charge in [0.25, 0.3) is 5.69 Å². The summed E-state index contributed by atoms with van der Waals surface area (Å²) in [5, 5.41) is 23.7. The van der Waals surface area contributed by atoms with Crippen molar-refractivity contribution >= 4 is 23.0 Å². The quantitative estimate of drug-likeness (QED) is 0.644. The topological polar surface area (TPSA) is 75.4 Å². The van der Waals surface area contributed by atoms with E-state index in [1.54, 1.807) is 0 Å². The number of benzene rings is 1. The molecule has 0 heterocycles. The molecular formula is C14H19ClN2O3. The summed E-state index contributed by atoms with van der Waals surface area (Å²) in [6.45, 7) is 2.01. The van der Waals surface area contributed by atoms with Crippen molar-refractivity contribution in [2.75, 3.05) is 11.9 Å². The van der Waals surface area contributed by atoms with E-state index in [0.29, 0.717) is 10.9 Å². The zero-order chi connectivity index (χ0) is 14.7. The van der Waals surface area contributed by atoms with Crippen LogP contribution in [0.25, 0.3) is 0 Å². The first-order valence-electron chi connectivity index (χ1n) is 6.85. The Morgan fingerprint density at radius 1 is 1.50 bits per heavy atom. The van der Waals surface area contributed by atoms with Crippen LogP contribution in [-0.4, -0.2) is 22.7 Å². The molecule has 110 valence electrons. The van der Waals surface area contributed by atoms with Crippen LogP contribution in [0.15, 0.2) is 12.1 Å². The number of nitrogens with one attached hydrogen (secondary N) is 1. The Hall–Kier alpha value is -1.33. The van der Waals surface area contributed by atoms with Crippen LogP contribution in [0.3, 0.4) is 0 Å². The van der Waals surface area contributed by atoms with Gasteiger partial charge >= 0.3 is 0 Å². The Balaban J connectivity index is 2.19. The molecule has 0 bridgehead atoms. The van der Waals surface area contributed by atoms with Crippen molar-refractivity contribution in [2.45, 2.75) is 38.6 Å². The first kappa shape index (κ1) is 15.1. The summed E-state index contributed by atoms with van der Waals surface area (Å²) in [6, 6.07) is 3.19. The number of anilines is 1. The third-order valence-electron chi connectivity index (χ3n) is 3.97. The van der Waals surface area contributed by atoms with Crippen LogP contribution in [0.5, 0.6) is 0 Å². The maximum absolute atomic E-state index is 10.8. The number of hydrogen-bond acceptors (Lipinski definition) is 4. The Morgan fingerprint density at radius 3 is 2.85 bits per heavy atom. The molecule has 1 saturated carbocycles. The molecule has 0 saturated heterocycles. The van der Waals surface area contributed by atoms with Crippen LogP contribution >= 0.6 is 11.6 Å². The van der Waals surface area contributed by atoms with E-state index in [2.05, 4.69) is 5.32 Å². The highest BCUT2D eigenvalue weighted by molar-refractivity contribution is 6.33. The molecule has 1 aliphatic carbocycles. The lowest BCUT2D eigenvalue weighted by molar-refractivity contribution is -0.384. The van der Waals surface area contributed by atoms with Crippen LogP contribution in [0.4, 0.5) is 11.4 Å². The van der Waals surface area contributed by atoms with Gasteiger partial charge in [0.15, 0.2) is 0 Å². The minimum Gasteiger partial charge on any atom is -0.396 e. The Labute approximate surface area is 123 Å². The second-order valence-electron chi connectivity index (χ2n) is 5.33. The number of nitro groups is 1. The van der Waals surface area contributed by atoms with Gasteiger partial charge in [-0.15, -0.1) is 0 Å². The molecule has 0 aliphatic heterocycles. The molecule has 2 N–H and O–H groups in total. The van der Waals surface area contributed by atoms with E-state index in [4.69, 9.17) is 16.7 Å². The lowest BCUT2D eigenvalue weighted by atomic mass is 9.99. The average Bonchev–Trinajstić information content (AvgIpc) is 2.81. The summed E-state index contributed by atoms with van der Waals surface area (Å²) in [5.41, 5.74) is 1.56. The van der Waals surface area contributed by atoms with Crippen LogP contribution < -0.4 is 5.32 Å². The fraction of sp³-hybridized carbons (Fsp3) is 0.571. The van der Waals surface area contributed by atoms with Crippen molar-refractivity contribution in [2.24, 2.45) is 5.92 Å². The smallest absolute Gasteiger partial charge is 0.271 e. The highest BCUT2D eigenvalue weighted by atomic mass is 35.5. The Kier molecular flexibility index (Phi) is 4.83. The van der Waals surface area contributed by atoms with Crippen molar-refractivity contribution in [3.63, 3.8) is 0 Å². The van der Waals surface area contributed by atoms with E-state index < -0.39 is 4.92 Å². The summed E-state index contributed by atoms with van der Waals surface area (Å²) >= 11 is 6.17. The van der Waals surface area contributed by atoms with E-state index in [1.165, 1.54) is 12.1 Å². The number of aliphatic hydroxyl groups is 1. The van der Waals surface area contributed by atoms with Crippen LogP contribution in [-0.2, 0) is 0 Å². The summed E-state index contributed by atoms with van der Waals surface area (Å²) in [5.74, 6) is 0.436. The van der Waals surface area contributed by atoms with Gasteiger partial charge in [0.1, 0.15) is 0 Å². The summed E-state index contributed by atoms with van der Waals surface area (Å²) in [4.78, 5) is 10.4. The van der Waals surface area contributed by atoms with E-state index in [0.717, 1.165) is 36.9 Å². The van der Waals surface area contributed by atoms with Gasteiger partial charge in [-0.2, -0.15) is 0 Å². The summed E-state index contributed by atoms with van der Waals surface area (Å²) in [7, 11) is 0. The van der Waals surface area contributed by atoms with Gasteiger partial charge in [-0.3, -0.25) is 10.1 Å². The molecule has 0 aromatic heterocycles. The number of rotatable bonds is 5. The van der Waals surface area contributed by atoms with Gasteiger partial charge in [0, 0.05) is 24.8 Å². The monoisotopic (exact) mass is 298 g/mol. The molecule has 2 rings (SSSR count). The van der Waals surface area contributed by atoms with Gasteiger partial charge in [0.2, 0.25) is 0 Å². The maximum atomic E-state index is 10.8. The zero-order valence-corrected chi connectivity index (χ0v) is 12.2. The number of aryl methyl sites for hydroxylation is 1. The van der Waals surface area contributed by atoms with Crippen LogP contribution in [0, 0.1) is 23.0 Å². The SMILES string of the molecule is Cc1cc([N+](=O)[O-])cc(Cl)c1NC1CCCC1CCO. The molecule has 2 atom stereocenters. The fourth-order valence-corrected chi connectivity index (χ4v) is 3.25. The molecule has 1 aromatic rings.